The quantitative estimate of drug-likeness (QED) is 0.273. The summed E-state index contributed by atoms with van der Waals surface area (Å²) >= 11 is 6.37. The largest absolute Gasteiger partial charge is 0.507 e. The number of hydrogen-bond donors (Lipinski definition) is 1. The van der Waals surface area contributed by atoms with Gasteiger partial charge in [-0.05, 0) is 67.8 Å². The lowest BCUT2D eigenvalue weighted by Gasteiger charge is -2.27. The van der Waals surface area contributed by atoms with E-state index in [0.29, 0.717) is 17.0 Å². The van der Waals surface area contributed by atoms with E-state index in [9.17, 15) is 14.7 Å². The maximum Gasteiger partial charge on any atom is 0.300 e. The summed E-state index contributed by atoms with van der Waals surface area (Å²) in [6.07, 6.45) is 0. The van der Waals surface area contributed by atoms with Crippen LogP contribution in [0.15, 0.2) is 60.2 Å². The van der Waals surface area contributed by atoms with Crippen molar-refractivity contribution in [1.29, 1.82) is 0 Å². The van der Waals surface area contributed by atoms with E-state index in [-0.39, 0.29) is 27.7 Å². The van der Waals surface area contributed by atoms with Gasteiger partial charge < -0.3 is 14.6 Å². The van der Waals surface area contributed by atoms with Crippen molar-refractivity contribution in [2.45, 2.75) is 26.8 Å². The zero-order valence-electron chi connectivity index (χ0n) is 20.2. The lowest BCUT2D eigenvalue weighted by molar-refractivity contribution is -0.132. The fraction of sp³-hybridized carbons (Fsp3) is 0.214. The maximum atomic E-state index is 13.5. The number of aliphatic hydroxyl groups is 1. The molecule has 1 atom stereocenters. The van der Waals surface area contributed by atoms with Crippen LogP contribution in [0, 0.1) is 20.8 Å². The monoisotopic (exact) mass is 491 g/mol. The number of anilines is 1. The van der Waals surface area contributed by atoms with E-state index in [1.165, 1.54) is 12.0 Å². The second-order valence-corrected chi connectivity index (χ2v) is 8.97. The molecule has 1 saturated heterocycles. The van der Waals surface area contributed by atoms with Gasteiger partial charge in [-0.1, -0.05) is 41.4 Å². The van der Waals surface area contributed by atoms with Gasteiger partial charge in [-0.25, -0.2) is 0 Å². The van der Waals surface area contributed by atoms with Gasteiger partial charge in [0.15, 0.2) is 0 Å². The number of ketones is 1. The van der Waals surface area contributed by atoms with Crippen LogP contribution in [-0.2, 0) is 9.59 Å². The van der Waals surface area contributed by atoms with Gasteiger partial charge in [0.25, 0.3) is 11.7 Å². The highest BCUT2D eigenvalue weighted by Crippen LogP contribution is 2.45. The Balaban J connectivity index is 2.04. The van der Waals surface area contributed by atoms with Gasteiger partial charge >= 0.3 is 0 Å². The van der Waals surface area contributed by atoms with Crippen LogP contribution in [0.5, 0.6) is 11.5 Å². The summed E-state index contributed by atoms with van der Waals surface area (Å²) in [7, 11) is 2.97. The fourth-order valence-corrected chi connectivity index (χ4v) is 4.89. The number of halogens is 1. The molecule has 1 fully saturated rings. The number of aliphatic hydroxyl groups excluding tert-OH is 1. The molecule has 0 bridgehead atoms. The summed E-state index contributed by atoms with van der Waals surface area (Å²) in [6.45, 7) is 5.65. The van der Waals surface area contributed by atoms with Crippen molar-refractivity contribution in [1.82, 2.24) is 0 Å². The average molecular weight is 492 g/mol. The second kappa shape index (κ2) is 9.47. The zero-order valence-corrected chi connectivity index (χ0v) is 20.9. The number of ether oxygens (including phenoxy) is 2. The molecule has 180 valence electrons. The molecule has 0 aromatic heterocycles. The third kappa shape index (κ3) is 4.26. The Kier molecular flexibility index (Phi) is 6.59. The average Bonchev–Trinajstić information content (AvgIpc) is 3.08. The summed E-state index contributed by atoms with van der Waals surface area (Å²) in [5, 5.41) is 11.8. The smallest absolute Gasteiger partial charge is 0.300 e. The van der Waals surface area contributed by atoms with Crippen molar-refractivity contribution < 1.29 is 24.2 Å². The number of nitrogens with zero attached hydrogens (tertiary/aromatic N) is 1. The van der Waals surface area contributed by atoms with Crippen LogP contribution < -0.4 is 14.4 Å². The van der Waals surface area contributed by atoms with Gasteiger partial charge in [0.2, 0.25) is 0 Å². The van der Waals surface area contributed by atoms with Gasteiger partial charge in [0.1, 0.15) is 17.3 Å². The Labute approximate surface area is 209 Å². The minimum Gasteiger partial charge on any atom is -0.507 e. The van der Waals surface area contributed by atoms with Crippen molar-refractivity contribution >= 4 is 34.7 Å². The highest BCUT2D eigenvalue weighted by atomic mass is 35.5. The Morgan fingerprint density at radius 2 is 1.69 bits per heavy atom. The first-order valence-electron chi connectivity index (χ1n) is 11.0. The van der Waals surface area contributed by atoms with E-state index < -0.39 is 17.7 Å². The lowest BCUT2D eigenvalue weighted by atomic mass is 9.94. The van der Waals surface area contributed by atoms with Crippen LogP contribution in [0.25, 0.3) is 5.76 Å². The molecule has 1 aliphatic rings. The van der Waals surface area contributed by atoms with Crippen LogP contribution in [0.1, 0.15) is 33.9 Å². The fourth-order valence-electron chi connectivity index (χ4n) is 4.54. The van der Waals surface area contributed by atoms with Gasteiger partial charge in [-0.2, -0.15) is 0 Å². The molecule has 1 N–H and O–H groups in total. The molecule has 3 aromatic rings. The van der Waals surface area contributed by atoms with Crippen LogP contribution in [0.4, 0.5) is 5.69 Å². The number of amides is 1. The van der Waals surface area contributed by atoms with Crippen molar-refractivity contribution in [3.8, 4) is 11.5 Å². The van der Waals surface area contributed by atoms with Gasteiger partial charge in [0, 0.05) is 5.69 Å². The van der Waals surface area contributed by atoms with Crippen molar-refractivity contribution in [3.63, 3.8) is 0 Å². The number of carbonyl (C=O) groups excluding carboxylic acids is 2. The van der Waals surface area contributed by atoms with Crippen molar-refractivity contribution in [2.24, 2.45) is 0 Å². The lowest BCUT2D eigenvalue weighted by Crippen LogP contribution is -2.30. The number of benzene rings is 3. The van der Waals surface area contributed by atoms with Crippen molar-refractivity contribution in [3.05, 3.63) is 93.0 Å². The van der Waals surface area contributed by atoms with E-state index in [2.05, 4.69) is 0 Å². The summed E-state index contributed by atoms with van der Waals surface area (Å²) in [5.74, 6) is -1.10. The maximum absolute atomic E-state index is 13.5. The minimum absolute atomic E-state index is 0.0526. The number of rotatable bonds is 5. The first-order valence-corrected chi connectivity index (χ1v) is 11.4. The van der Waals surface area contributed by atoms with E-state index in [1.54, 1.807) is 43.5 Å². The molecule has 0 saturated carbocycles. The first-order chi connectivity index (χ1) is 16.7. The predicted molar refractivity (Wildman–Crippen MR) is 136 cm³/mol. The molecule has 0 spiro atoms. The van der Waals surface area contributed by atoms with Crippen LogP contribution in [-0.4, -0.2) is 31.0 Å². The molecule has 6 nitrogen and oxygen atoms in total. The number of methoxy groups -OCH3 is 2. The SMILES string of the molecule is COc1cccc(C2/C(=C(\O)c3cc(C)cc(Cl)c3OC)C(=O)C(=O)N2c2ccc(C)cc2C)c1. The van der Waals surface area contributed by atoms with Crippen molar-refractivity contribution in [2.75, 3.05) is 19.1 Å². The van der Waals surface area contributed by atoms with Gasteiger partial charge in [-0.15, -0.1) is 0 Å². The molecular weight excluding hydrogens is 466 g/mol. The van der Waals surface area contributed by atoms with E-state index in [1.807, 2.05) is 39.0 Å². The third-order valence-electron chi connectivity index (χ3n) is 6.11. The molecule has 1 aliphatic heterocycles. The summed E-state index contributed by atoms with van der Waals surface area (Å²) in [5.41, 5.74) is 4.00. The molecule has 0 radical (unpaired) electrons. The van der Waals surface area contributed by atoms with E-state index >= 15 is 0 Å². The number of aryl methyl sites for hydroxylation is 3. The Hall–Kier alpha value is -3.77. The third-order valence-corrected chi connectivity index (χ3v) is 6.39. The molecule has 0 aliphatic carbocycles. The molecule has 35 heavy (non-hydrogen) atoms. The molecule has 1 amide bonds. The summed E-state index contributed by atoms with van der Waals surface area (Å²) in [4.78, 5) is 28.4. The molecule has 1 heterocycles. The number of Topliss-reactive ketones (excluding diaryl/α,β-unsaturated/α-hetero) is 1. The van der Waals surface area contributed by atoms with Crippen LogP contribution in [0.2, 0.25) is 5.02 Å². The predicted octanol–water partition coefficient (Wildman–Crippen LogP) is 5.91. The highest BCUT2D eigenvalue weighted by Gasteiger charge is 2.47. The molecule has 4 rings (SSSR count). The standard InChI is InChI=1S/C28H26ClNO5/c1-15-9-10-22(17(3)11-15)30-24(18-7-6-8-19(14-18)34-4)23(26(32)28(30)33)25(31)20-12-16(2)13-21(29)27(20)35-5/h6-14,24,31H,1-5H3/b25-23+. The molecule has 3 aromatic carbocycles. The summed E-state index contributed by atoms with van der Waals surface area (Å²) in [6, 6.07) is 15.2. The zero-order chi connectivity index (χ0) is 25.4. The Morgan fingerprint density at radius 3 is 2.34 bits per heavy atom. The molecule has 1 unspecified atom stereocenters. The number of carbonyl (C=O) groups is 2. The van der Waals surface area contributed by atoms with E-state index in [4.69, 9.17) is 21.1 Å². The normalized spacial score (nSPS) is 17.1. The Morgan fingerprint density at radius 1 is 0.943 bits per heavy atom. The van der Waals surface area contributed by atoms with Crippen LogP contribution >= 0.6 is 11.6 Å². The molecular formula is C28H26ClNO5. The molecule has 7 heteroatoms. The Bertz CT molecular complexity index is 1380. The number of hydrogen-bond acceptors (Lipinski definition) is 5. The first kappa shape index (κ1) is 24.4. The van der Waals surface area contributed by atoms with Gasteiger partial charge in [0.05, 0.1) is 36.4 Å². The second-order valence-electron chi connectivity index (χ2n) is 8.56. The topological polar surface area (TPSA) is 76.1 Å². The van der Waals surface area contributed by atoms with E-state index in [0.717, 1.165) is 16.7 Å². The van der Waals surface area contributed by atoms with Gasteiger partial charge in [-0.3, -0.25) is 14.5 Å². The summed E-state index contributed by atoms with van der Waals surface area (Å²) < 4.78 is 10.8. The minimum atomic E-state index is -0.893. The highest BCUT2D eigenvalue weighted by molar-refractivity contribution is 6.52. The van der Waals surface area contributed by atoms with Crippen LogP contribution in [0.3, 0.4) is 0 Å².